The molecular formula is C14H17Br. The third-order valence-electron chi connectivity index (χ3n) is 3.04. The van der Waals surface area contributed by atoms with E-state index in [1.807, 2.05) is 0 Å². The highest BCUT2D eigenvalue weighted by molar-refractivity contribution is 9.10. The Hall–Kier alpha value is -0.560. The van der Waals surface area contributed by atoms with E-state index in [4.69, 9.17) is 0 Å². The van der Waals surface area contributed by atoms with Crippen LogP contribution in [0, 0.1) is 0 Å². The predicted octanol–water partition coefficient (Wildman–Crippen LogP) is 4.97. The molecule has 0 nitrogen and oxygen atoms in total. The highest BCUT2D eigenvalue weighted by Crippen LogP contribution is 2.36. The minimum Gasteiger partial charge on any atom is -0.0762 e. The van der Waals surface area contributed by atoms with Crippen molar-refractivity contribution in [3.05, 3.63) is 39.9 Å². The summed E-state index contributed by atoms with van der Waals surface area (Å²) in [6.45, 7) is 2.26. The van der Waals surface area contributed by atoms with Gasteiger partial charge in [-0.25, -0.2) is 0 Å². The minimum atomic E-state index is 1.12. The van der Waals surface area contributed by atoms with E-state index in [1.165, 1.54) is 41.3 Å². The van der Waals surface area contributed by atoms with Crippen LogP contribution in [0.3, 0.4) is 0 Å². The molecule has 2 rings (SSSR count). The zero-order chi connectivity index (χ0) is 10.7. The quantitative estimate of drug-likeness (QED) is 0.674. The van der Waals surface area contributed by atoms with Crippen molar-refractivity contribution in [1.82, 2.24) is 0 Å². The Morgan fingerprint density at radius 3 is 2.93 bits per heavy atom. The van der Waals surface area contributed by atoms with Gasteiger partial charge in [0.15, 0.2) is 0 Å². The maximum absolute atomic E-state index is 3.66. The zero-order valence-corrected chi connectivity index (χ0v) is 10.8. The summed E-state index contributed by atoms with van der Waals surface area (Å²) in [4.78, 5) is 0. The van der Waals surface area contributed by atoms with E-state index in [9.17, 15) is 0 Å². The summed E-state index contributed by atoms with van der Waals surface area (Å²) in [5, 5.41) is 0. The molecule has 0 aromatic heterocycles. The largest absolute Gasteiger partial charge is 0.0762 e. The monoisotopic (exact) mass is 264 g/mol. The van der Waals surface area contributed by atoms with Gasteiger partial charge in [0, 0.05) is 4.47 Å². The average Bonchev–Trinajstić information content (AvgIpc) is 2.63. The maximum atomic E-state index is 3.66. The third-order valence-corrected chi connectivity index (χ3v) is 3.70. The number of rotatable bonds is 4. The summed E-state index contributed by atoms with van der Waals surface area (Å²) in [7, 11) is 0. The number of allylic oxidation sites excluding steroid dienone is 2. The first-order chi connectivity index (χ1) is 7.33. The van der Waals surface area contributed by atoms with Gasteiger partial charge in [0.05, 0.1) is 0 Å². The molecule has 0 radical (unpaired) electrons. The molecule has 0 saturated carbocycles. The van der Waals surface area contributed by atoms with Crippen LogP contribution in [0.4, 0.5) is 0 Å². The number of halogens is 1. The molecule has 0 amide bonds. The van der Waals surface area contributed by atoms with Gasteiger partial charge in [0.25, 0.3) is 0 Å². The Balaban J connectivity index is 2.12. The van der Waals surface area contributed by atoms with Crippen LogP contribution in [0.1, 0.15) is 43.7 Å². The molecule has 0 atom stereocenters. The van der Waals surface area contributed by atoms with E-state index >= 15 is 0 Å². The fraction of sp³-hybridized carbons (Fsp3) is 0.429. The average molecular weight is 265 g/mol. The lowest BCUT2D eigenvalue weighted by molar-refractivity contribution is 0.735. The molecule has 1 aromatic rings. The molecule has 0 spiro atoms. The van der Waals surface area contributed by atoms with Crippen LogP contribution in [-0.4, -0.2) is 0 Å². The lowest BCUT2D eigenvalue weighted by Crippen LogP contribution is -1.87. The molecule has 1 aliphatic rings. The SMILES string of the molecule is CCCCCC1=CCc2cccc(Br)c21. The Labute approximate surface area is 101 Å². The van der Waals surface area contributed by atoms with E-state index in [0.717, 1.165) is 6.42 Å². The molecule has 80 valence electrons. The molecule has 0 N–H and O–H groups in total. The van der Waals surface area contributed by atoms with Gasteiger partial charge in [-0.15, -0.1) is 0 Å². The summed E-state index contributed by atoms with van der Waals surface area (Å²) in [5.74, 6) is 0. The van der Waals surface area contributed by atoms with Gasteiger partial charge in [-0.05, 0) is 42.0 Å². The second kappa shape index (κ2) is 4.98. The van der Waals surface area contributed by atoms with Crippen LogP contribution in [0.25, 0.3) is 5.57 Å². The summed E-state index contributed by atoms with van der Waals surface area (Å²) in [6, 6.07) is 6.52. The molecule has 0 unspecified atom stereocenters. The van der Waals surface area contributed by atoms with E-state index in [0.29, 0.717) is 0 Å². The van der Waals surface area contributed by atoms with Crippen molar-refractivity contribution in [2.24, 2.45) is 0 Å². The number of hydrogen-bond donors (Lipinski definition) is 0. The number of benzene rings is 1. The van der Waals surface area contributed by atoms with Crippen LogP contribution in [0.15, 0.2) is 28.7 Å². The molecule has 0 bridgehead atoms. The maximum Gasteiger partial charge on any atom is 0.0253 e. The van der Waals surface area contributed by atoms with Gasteiger partial charge in [-0.1, -0.05) is 53.9 Å². The highest BCUT2D eigenvalue weighted by atomic mass is 79.9. The fourth-order valence-electron chi connectivity index (χ4n) is 2.23. The normalized spacial score (nSPS) is 13.9. The van der Waals surface area contributed by atoms with Crippen molar-refractivity contribution in [3.63, 3.8) is 0 Å². The van der Waals surface area contributed by atoms with Crippen LogP contribution in [-0.2, 0) is 6.42 Å². The van der Waals surface area contributed by atoms with Gasteiger partial charge in [0.2, 0.25) is 0 Å². The van der Waals surface area contributed by atoms with E-state index in [-0.39, 0.29) is 0 Å². The molecule has 0 aliphatic heterocycles. The first kappa shape index (κ1) is 10.9. The van der Waals surface area contributed by atoms with Crippen LogP contribution >= 0.6 is 15.9 Å². The zero-order valence-electron chi connectivity index (χ0n) is 9.22. The predicted molar refractivity (Wildman–Crippen MR) is 70.0 cm³/mol. The summed E-state index contributed by atoms with van der Waals surface area (Å²) >= 11 is 3.66. The number of hydrogen-bond acceptors (Lipinski definition) is 0. The summed E-state index contributed by atoms with van der Waals surface area (Å²) in [5.41, 5.74) is 4.50. The van der Waals surface area contributed by atoms with E-state index in [2.05, 4.69) is 47.1 Å². The van der Waals surface area contributed by atoms with Crippen LogP contribution in [0.2, 0.25) is 0 Å². The van der Waals surface area contributed by atoms with Crippen LogP contribution in [0.5, 0.6) is 0 Å². The molecule has 1 heteroatoms. The van der Waals surface area contributed by atoms with E-state index in [1.54, 1.807) is 5.57 Å². The molecule has 0 fully saturated rings. The Morgan fingerprint density at radius 2 is 2.13 bits per heavy atom. The Bertz CT molecular complexity index is 377. The van der Waals surface area contributed by atoms with Crippen molar-refractivity contribution in [2.45, 2.75) is 39.0 Å². The third kappa shape index (κ3) is 2.34. The van der Waals surface area contributed by atoms with Crippen molar-refractivity contribution in [1.29, 1.82) is 0 Å². The smallest absolute Gasteiger partial charge is 0.0253 e. The Kier molecular flexibility index (Phi) is 3.63. The van der Waals surface area contributed by atoms with Gasteiger partial charge in [0.1, 0.15) is 0 Å². The van der Waals surface area contributed by atoms with Gasteiger partial charge in [-0.3, -0.25) is 0 Å². The van der Waals surface area contributed by atoms with Gasteiger partial charge < -0.3 is 0 Å². The fourth-order valence-corrected chi connectivity index (χ4v) is 2.89. The molecular weight excluding hydrogens is 248 g/mol. The first-order valence-electron chi connectivity index (χ1n) is 5.79. The first-order valence-corrected chi connectivity index (χ1v) is 6.59. The van der Waals surface area contributed by atoms with Crippen molar-refractivity contribution < 1.29 is 0 Å². The van der Waals surface area contributed by atoms with Crippen molar-refractivity contribution >= 4 is 21.5 Å². The van der Waals surface area contributed by atoms with E-state index < -0.39 is 0 Å². The molecule has 15 heavy (non-hydrogen) atoms. The topological polar surface area (TPSA) is 0 Å². The molecule has 0 heterocycles. The Morgan fingerprint density at radius 1 is 1.27 bits per heavy atom. The lowest BCUT2D eigenvalue weighted by Gasteiger charge is -2.07. The summed E-state index contributed by atoms with van der Waals surface area (Å²) < 4.78 is 1.26. The minimum absolute atomic E-state index is 1.12. The number of unbranched alkanes of at least 4 members (excludes halogenated alkanes) is 2. The van der Waals surface area contributed by atoms with Crippen molar-refractivity contribution in [2.75, 3.05) is 0 Å². The standard InChI is InChI=1S/C14H17Br/c1-2-3-4-6-11-9-10-12-7-5-8-13(15)14(11)12/h5,7-9H,2-4,6,10H2,1H3. The second-order valence-electron chi connectivity index (χ2n) is 4.16. The molecule has 0 saturated heterocycles. The number of fused-ring (bicyclic) bond motifs is 1. The van der Waals surface area contributed by atoms with Gasteiger partial charge in [-0.2, -0.15) is 0 Å². The lowest BCUT2D eigenvalue weighted by atomic mass is 10.0. The summed E-state index contributed by atoms with van der Waals surface area (Å²) in [6.07, 6.45) is 8.72. The van der Waals surface area contributed by atoms with Crippen molar-refractivity contribution in [3.8, 4) is 0 Å². The molecule has 1 aliphatic carbocycles. The van der Waals surface area contributed by atoms with Crippen LogP contribution < -0.4 is 0 Å². The van der Waals surface area contributed by atoms with Gasteiger partial charge >= 0.3 is 0 Å². The second-order valence-corrected chi connectivity index (χ2v) is 5.02. The molecule has 1 aromatic carbocycles. The highest BCUT2D eigenvalue weighted by Gasteiger charge is 2.15.